The number of hydrogen-bond donors (Lipinski definition) is 1. The van der Waals surface area contributed by atoms with Crippen molar-refractivity contribution in [1.29, 1.82) is 0 Å². The predicted octanol–water partition coefficient (Wildman–Crippen LogP) is 1.71. The third-order valence-corrected chi connectivity index (χ3v) is 2.40. The number of nitrogens with zero attached hydrogens (tertiary/aromatic N) is 2. The summed E-state index contributed by atoms with van der Waals surface area (Å²) in [4.78, 5) is 2.36. The fourth-order valence-corrected chi connectivity index (χ4v) is 1.59. The maximum absolute atomic E-state index is 8.62. The number of rotatable bonds is 3. The maximum Gasteiger partial charge on any atom is 0.0707 e. The SMILES string of the molecule is CCC(CN1CCCCC1)=NO. The largest absolute Gasteiger partial charge is 0.411 e. The summed E-state index contributed by atoms with van der Waals surface area (Å²) in [5, 5.41) is 11.9. The second kappa shape index (κ2) is 5.14. The van der Waals surface area contributed by atoms with Crippen LogP contribution in [0.3, 0.4) is 0 Å². The minimum atomic E-state index is 0.854. The Balaban J connectivity index is 2.28. The lowest BCUT2D eigenvalue weighted by atomic mass is 10.1. The topological polar surface area (TPSA) is 35.8 Å². The Labute approximate surface area is 74.1 Å². The fourth-order valence-electron chi connectivity index (χ4n) is 1.59. The quantitative estimate of drug-likeness (QED) is 0.397. The van der Waals surface area contributed by atoms with Gasteiger partial charge in [-0.25, -0.2) is 0 Å². The Bertz CT molecular complexity index is 151. The summed E-state index contributed by atoms with van der Waals surface area (Å²) in [6.07, 6.45) is 4.80. The highest BCUT2D eigenvalue weighted by molar-refractivity contribution is 5.85. The van der Waals surface area contributed by atoms with E-state index in [1.54, 1.807) is 0 Å². The van der Waals surface area contributed by atoms with E-state index < -0.39 is 0 Å². The molecule has 0 aromatic carbocycles. The lowest BCUT2D eigenvalue weighted by Gasteiger charge is -2.26. The Morgan fingerprint density at radius 2 is 2.00 bits per heavy atom. The first-order chi connectivity index (χ1) is 5.86. The van der Waals surface area contributed by atoms with Crippen LogP contribution in [0, 0.1) is 0 Å². The first-order valence-corrected chi connectivity index (χ1v) is 4.79. The van der Waals surface area contributed by atoms with Gasteiger partial charge in [-0.05, 0) is 32.4 Å². The lowest BCUT2D eigenvalue weighted by Crippen LogP contribution is -2.34. The molecule has 0 radical (unpaired) electrons. The first kappa shape index (κ1) is 9.52. The molecule has 0 bridgehead atoms. The Morgan fingerprint density at radius 1 is 1.33 bits per heavy atom. The van der Waals surface area contributed by atoms with E-state index in [0.717, 1.165) is 18.7 Å². The third-order valence-electron chi connectivity index (χ3n) is 2.40. The normalized spacial score (nSPS) is 21.2. The highest BCUT2D eigenvalue weighted by Crippen LogP contribution is 2.08. The van der Waals surface area contributed by atoms with Crippen molar-refractivity contribution in [2.75, 3.05) is 19.6 Å². The summed E-state index contributed by atoms with van der Waals surface area (Å²) in [7, 11) is 0. The minimum absolute atomic E-state index is 0.854. The van der Waals surface area contributed by atoms with Crippen LogP contribution >= 0.6 is 0 Å². The van der Waals surface area contributed by atoms with Crippen LogP contribution in [0.1, 0.15) is 32.6 Å². The molecule has 1 fully saturated rings. The van der Waals surface area contributed by atoms with Gasteiger partial charge in [0.2, 0.25) is 0 Å². The summed E-state index contributed by atoms with van der Waals surface area (Å²) in [6, 6.07) is 0. The van der Waals surface area contributed by atoms with Gasteiger partial charge in [-0.15, -0.1) is 0 Å². The summed E-state index contributed by atoms with van der Waals surface area (Å²) in [5.41, 5.74) is 0.900. The van der Waals surface area contributed by atoms with Crippen LogP contribution in [0.4, 0.5) is 0 Å². The van der Waals surface area contributed by atoms with Crippen LogP contribution in [-0.2, 0) is 0 Å². The molecule has 3 nitrogen and oxygen atoms in total. The third kappa shape index (κ3) is 2.81. The summed E-state index contributed by atoms with van der Waals surface area (Å²) >= 11 is 0. The molecule has 1 aliphatic heterocycles. The average molecular weight is 170 g/mol. The van der Waals surface area contributed by atoms with E-state index in [1.807, 2.05) is 6.92 Å². The van der Waals surface area contributed by atoms with Gasteiger partial charge >= 0.3 is 0 Å². The van der Waals surface area contributed by atoms with Crippen LogP contribution in [0.25, 0.3) is 0 Å². The van der Waals surface area contributed by atoms with E-state index in [-0.39, 0.29) is 0 Å². The van der Waals surface area contributed by atoms with Gasteiger partial charge in [0.1, 0.15) is 0 Å². The number of oxime groups is 1. The number of likely N-dealkylation sites (tertiary alicyclic amines) is 1. The monoisotopic (exact) mass is 170 g/mol. The van der Waals surface area contributed by atoms with Crippen molar-refractivity contribution in [3.63, 3.8) is 0 Å². The van der Waals surface area contributed by atoms with Crippen LogP contribution in [0.5, 0.6) is 0 Å². The molecule has 0 amide bonds. The maximum atomic E-state index is 8.62. The van der Waals surface area contributed by atoms with E-state index in [4.69, 9.17) is 5.21 Å². The minimum Gasteiger partial charge on any atom is -0.411 e. The molecule has 12 heavy (non-hydrogen) atoms. The molecule has 0 unspecified atom stereocenters. The standard InChI is InChI=1S/C9H18N2O/c1-2-9(10-12)8-11-6-4-3-5-7-11/h12H,2-8H2,1H3. The molecule has 1 rings (SSSR count). The van der Waals surface area contributed by atoms with Crippen LogP contribution < -0.4 is 0 Å². The molecule has 1 saturated heterocycles. The van der Waals surface area contributed by atoms with Crippen molar-refractivity contribution < 1.29 is 5.21 Å². The molecule has 0 aromatic rings. The fraction of sp³-hybridized carbons (Fsp3) is 0.889. The van der Waals surface area contributed by atoms with Gasteiger partial charge in [-0.1, -0.05) is 18.5 Å². The summed E-state index contributed by atoms with van der Waals surface area (Å²) < 4.78 is 0. The van der Waals surface area contributed by atoms with E-state index >= 15 is 0 Å². The van der Waals surface area contributed by atoms with Gasteiger partial charge in [0.25, 0.3) is 0 Å². The van der Waals surface area contributed by atoms with Crippen molar-refractivity contribution >= 4 is 5.71 Å². The zero-order chi connectivity index (χ0) is 8.81. The zero-order valence-electron chi connectivity index (χ0n) is 7.79. The number of piperidine rings is 1. The molecular weight excluding hydrogens is 152 g/mol. The van der Waals surface area contributed by atoms with Crippen molar-refractivity contribution in [3.05, 3.63) is 0 Å². The molecule has 0 spiro atoms. The lowest BCUT2D eigenvalue weighted by molar-refractivity contribution is 0.251. The average Bonchev–Trinajstić information content (AvgIpc) is 2.16. The van der Waals surface area contributed by atoms with Crippen molar-refractivity contribution in [3.8, 4) is 0 Å². The highest BCUT2D eigenvalue weighted by Gasteiger charge is 2.11. The molecule has 1 aliphatic rings. The molecule has 0 atom stereocenters. The van der Waals surface area contributed by atoms with Gasteiger partial charge in [0.15, 0.2) is 0 Å². The van der Waals surface area contributed by atoms with Crippen LogP contribution in [-0.4, -0.2) is 35.5 Å². The van der Waals surface area contributed by atoms with Crippen LogP contribution in [0.15, 0.2) is 5.16 Å². The predicted molar refractivity (Wildman–Crippen MR) is 49.8 cm³/mol. The molecule has 0 aliphatic carbocycles. The van der Waals surface area contributed by atoms with Gasteiger partial charge in [-0.2, -0.15) is 0 Å². The van der Waals surface area contributed by atoms with Gasteiger partial charge < -0.3 is 5.21 Å². The molecule has 0 saturated carbocycles. The molecule has 70 valence electrons. The molecule has 1 heterocycles. The van der Waals surface area contributed by atoms with Gasteiger partial charge in [0, 0.05) is 6.54 Å². The van der Waals surface area contributed by atoms with E-state index in [9.17, 15) is 0 Å². The van der Waals surface area contributed by atoms with Crippen molar-refractivity contribution in [2.45, 2.75) is 32.6 Å². The van der Waals surface area contributed by atoms with E-state index in [1.165, 1.54) is 32.4 Å². The zero-order valence-corrected chi connectivity index (χ0v) is 7.79. The highest BCUT2D eigenvalue weighted by atomic mass is 16.4. The van der Waals surface area contributed by atoms with E-state index in [0.29, 0.717) is 0 Å². The second-order valence-corrected chi connectivity index (χ2v) is 3.36. The second-order valence-electron chi connectivity index (χ2n) is 3.36. The van der Waals surface area contributed by atoms with Crippen molar-refractivity contribution in [1.82, 2.24) is 4.90 Å². The smallest absolute Gasteiger partial charge is 0.0707 e. The van der Waals surface area contributed by atoms with E-state index in [2.05, 4.69) is 10.1 Å². The molecule has 3 heteroatoms. The van der Waals surface area contributed by atoms with Crippen molar-refractivity contribution in [2.24, 2.45) is 5.16 Å². The van der Waals surface area contributed by atoms with Gasteiger partial charge in [0.05, 0.1) is 5.71 Å². The first-order valence-electron chi connectivity index (χ1n) is 4.79. The Morgan fingerprint density at radius 3 is 2.50 bits per heavy atom. The van der Waals surface area contributed by atoms with Gasteiger partial charge in [-0.3, -0.25) is 4.90 Å². The molecular formula is C9H18N2O. The Hall–Kier alpha value is -0.570. The summed E-state index contributed by atoms with van der Waals surface area (Å²) in [5.74, 6) is 0. The molecule has 0 aromatic heterocycles. The summed E-state index contributed by atoms with van der Waals surface area (Å²) in [6.45, 7) is 5.21. The number of hydrogen-bond acceptors (Lipinski definition) is 3. The van der Waals surface area contributed by atoms with Crippen LogP contribution in [0.2, 0.25) is 0 Å². The molecule has 1 N–H and O–H groups in total. The Kier molecular flexibility index (Phi) is 4.08.